The maximum Gasteiger partial charge on any atom is 0.228 e. The molecule has 0 saturated heterocycles. The molecule has 2 rings (SSSR count). The van der Waals surface area contributed by atoms with Crippen molar-refractivity contribution in [2.45, 2.75) is 33.1 Å². The number of carbonyl (C=O) groups excluding carboxylic acids is 1. The van der Waals surface area contributed by atoms with Gasteiger partial charge < -0.3 is 16.3 Å². The van der Waals surface area contributed by atoms with Crippen molar-refractivity contribution in [3.63, 3.8) is 0 Å². The molecular formula is C15H21N3O2. The van der Waals surface area contributed by atoms with Crippen LogP contribution >= 0.6 is 0 Å². The summed E-state index contributed by atoms with van der Waals surface area (Å²) in [5.41, 5.74) is 6.76. The van der Waals surface area contributed by atoms with Crippen molar-refractivity contribution < 1.29 is 10.0 Å². The molecular weight excluding hydrogens is 254 g/mol. The maximum atomic E-state index is 12.4. The minimum absolute atomic E-state index is 0.00264. The summed E-state index contributed by atoms with van der Waals surface area (Å²) in [5.74, 6) is 0.000109. The number of amides is 1. The third kappa shape index (κ3) is 2.76. The van der Waals surface area contributed by atoms with Crippen LogP contribution in [0, 0.1) is 11.3 Å². The van der Waals surface area contributed by atoms with Gasteiger partial charge in [-0.3, -0.25) is 4.79 Å². The summed E-state index contributed by atoms with van der Waals surface area (Å²) in [7, 11) is 0. The van der Waals surface area contributed by atoms with Crippen LogP contribution in [0.5, 0.6) is 0 Å². The van der Waals surface area contributed by atoms with Crippen LogP contribution in [0.3, 0.4) is 0 Å². The molecule has 1 aromatic rings. The summed E-state index contributed by atoms with van der Waals surface area (Å²) < 4.78 is 0. The molecule has 0 spiro atoms. The molecule has 20 heavy (non-hydrogen) atoms. The minimum Gasteiger partial charge on any atom is -0.409 e. The van der Waals surface area contributed by atoms with Gasteiger partial charge in [-0.15, -0.1) is 0 Å². The second-order valence-corrected chi connectivity index (χ2v) is 5.95. The number of carbonyl (C=O) groups is 1. The fourth-order valence-electron chi connectivity index (χ4n) is 2.90. The number of para-hydroxylation sites is 1. The molecule has 4 N–H and O–H groups in total. The van der Waals surface area contributed by atoms with Gasteiger partial charge in [0.15, 0.2) is 5.84 Å². The highest BCUT2D eigenvalue weighted by atomic mass is 16.4. The Labute approximate surface area is 118 Å². The zero-order valence-corrected chi connectivity index (χ0v) is 11.9. The van der Waals surface area contributed by atoms with Crippen molar-refractivity contribution in [3.8, 4) is 0 Å². The summed E-state index contributed by atoms with van der Waals surface area (Å²) >= 11 is 0. The molecule has 0 heterocycles. The highest BCUT2D eigenvalue weighted by molar-refractivity contribution is 6.05. The summed E-state index contributed by atoms with van der Waals surface area (Å²) in [5, 5.41) is 14.7. The van der Waals surface area contributed by atoms with E-state index in [2.05, 4.69) is 24.3 Å². The van der Waals surface area contributed by atoms with Crippen LogP contribution in [0.2, 0.25) is 0 Å². The van der Waals surface area contributed by atoms with Gasteiger partial charge in [0.2, 0.25) is 5.91 Å². The highest BCUT2D eigenvalue weighted by Gasteiger charge is 2.39. The lowest BCUT2D eigenvalue weighted by molar-refractivity contribution is -0.122. The van der Waals surface area contributed by atoms with E-state index in [9.17, 15) is 4.79 Å². The van der Waals surface area contributed by atoms with Crippen molar-refractivity contribution >= 4 is 17.4 Å². The van der Waals surface area contributed by atoms with Gasteiger partial charge >= 0.3 is 0 Å². The van der Waals surface area contributed by atoms with Gasteiger partial charge in [0.05, 0.1) is 5.69 Å². The number of nitrogens with zero attached hydrogens (tertiary/aromatic N) is 1. The number of anilines is 1. The van der Waals surface area contributed by atoms with E-state index in [1.807, 2.05) is 6.07 Å². The molecule has 0 aromatic heterocycles. The molecule has 0 aliphatic heterocycles. The van der Waals surface area contributed by atoms with Crippen LogP contribution in [0.15, 0.2) is 29.4 Å². The van der Waals surface area contributed by atoms with Crippen LogP contribution in [0.1, 0.15) is 38.7 Å². The van der Waals surface area contributed by atoms with Crippen molar-refractivity contribution in [2.24, 2.45) is 22.2 Å². The lowest BCUT2D eigenvalue weighted by atomic mass is 9.81. The van der Waals surface area contributed by atoms with Crippen LogP contribution in [-0.2, 0) is 4.79 Å². The van der Waals surface area contributed by atoms with Crippen molar-refractivity contribution in [1.82, 2.24) is 0 Å². The molecule has 1 aliphatic rings. The molecule has 5 nitrogen and oxygen atoms in total. The lowest BCUT2D eigenvalue weighted by Crippen LogP contribution is -2.31. The fraction of sp³-hybridized carbons (Fsp3) is 0.467. The Kier molecular flexibility index (Phi) is 3.97. The first-order valence-corrected chi connectivity index (χ1v) is 6.83. The molecule has 0 radical (unpaired) electrons. The van der Waals surface area contributed by atoms with Crippen molar-refractivity contribution in [3.05, 3.63) is 29.8 Å². The Bertz CT molecular complexity index is 538. The predicted octanol–water partition coefficient (Wildman–Crippen LogP) is 2.55. The number of amidine groups is 1. The van der Waals surface area contributed by atoms with Gasteiger partial charge in [-0.05, 0) is 30.4 Å². The molecule has 5 heteroatoms. The summed E-state index contributed by atoms with van der Waals surface area (Å²) in [6, 6.07) is 7.06. The summed E-state index contributed by atoms with van der Waals surface area (Å²) in [4.78, 5) is 12.4. The first-order valence-electron chi connectivity index (χ1n) is 6.83. The number of rotatable bonds is 3. The number of hydrogen-bond acceptors (Lipinski definition) is 3. The maximum absolute atomic E-state index is 12.4. The Morgan fingerprint density at radius 3 is 2.75 bits per heavy atom. The van der Waals surface area contributed by atoms with E-state index >= 15 is 0 Å². The van der Waals surface area contributed by atoms with Crippen LogP contribution in [0.4, 0.5) is 5.69 Å². The molecule has 1 aliphatic carbocycles. The second kappa shape index (κ2) is 5.53. The zero-order valence-electron chi connectivity index (χ0n) is 11.9. The Balaban J connectivity index is 2.21. The third-order valence-corrected chi connectivity index (χ3v) is 4.14. The predicted molar refractivity (Wildman–Crippen MR) is 78.7 cm³/mol. The van der Waals surface area contributed by atoms with Crippen LogP contribution < -0.4 is 11.1 Å². The van der Waals surface area contributed by atoms with E-state index < -0.39 is 0 Å². The fourth-order valence-corrected chi connectivity index (χ4v) is 2.90. The zero-order chi connectivity index (χ0) is 14.8. The van der Waals surface area contributed by atoms with Gasteiger partial charge in [-0.25, -0.2) is 0 Å². The van der Waals surface area contributed by atoms with Gasteiger partial charge in [-0.2, -0.15) is 0 Å². The third-order valence-electron chi connectivity index (χ3n) is 4.14. The van der Waals surface area contributed by atoms with Crippen LogP contribution in [-0.4, -0.2) is 17.0 Å². The van der Waals surface area contributed by atoms with Gasteiger partial charge in [0.25, 0.3) is 0 Å². The molecule has 1 atom stereocenters. The van der Waals surface area contributed by atoms with E-state index in [4.69, 9.17) is 10.9 Å². The number of nitrogens with one attached hydrogen (secondary N) is 1. The monoisotopic (exact) mass is 275 g/mol. The van der Waals surface area contributed by atoms with Crippen molar-refractivity contribution in [1.29, 1.82) is 0 Å². The van der Waals surface area contributed by atoms with Crippen molar-refractivity contribution in [2.75, 3.05) is 5.32 Å². The quantitative estimate of drug-likeness (QED) is 0.343. The molecule has 1 unspecified atom stereocenters. The number of nitrogens with two attached hydrogens (primary N) is 1. The Morgan fingerprint density at radius 1 is 1.45 bits per heavy atom. The van der Waals surface area contributed by atoms with E-state index in [0.717, 1.165) is 19.3 Å². The molecule has 108 valence electrons. The average molecular weight is 275 g/mol. The van der Waals surface area contributed by atoms with Gasteiger partial charge in [0, 0.05) is 11.5 Å². The molecule has 1 amide bonds. The number of benzene rings is 1. The average Bonchev–Trinajstić information content (AvgIpc) is 2.78. The molecule has 0 bridgehead atoms. The van der Waals surface area contributed by atoms with Gasteiger partial charge in [-0.1, -0.05) is 37.6 Å². The molecule has 1 fully saturated rings. The minimum atomic E-state index is -0.00779. The first-order chi connectivity index (χ1) is 9.45. The summed E-state index contributed by atoms with van der Waals surface area (Å²) in [6.07, 6.45) is 3.05. The molecule has 1 aromatic carbocycles. The topological polar surface area (TPSA) is 87.7 Å². The Hall–Kier alpha value is -2.04. The van der Waals surface area contributed by atoms with E-state index in [-0.39, 0.29) is 23.1 Å². The first kappa shape index (κ1) is 14.4. The van der Waals surface area contributed by atoms with Crippen LogP contribution in [0.25, 0.3) is 0 Å². The number of oxime groups is 1. The standard InChI is InChI=1S/C15H21N3O2/c1-15(2)9-5-7-11(15)14(19)17-12-8-4-3-6-10(12)13(16)18-20/h3-4,6,8,11,20H,5,7,9H2,1-2H3,(H2,16,18)(H,17,19). The van der Waals surface area contributed by atoms with Gasteiger partial charge in [0.1, 0.15) is 0 Å². The van der Waals surface area contributed by atoms with E-state index in [1.165, 1.54) is 0 Å². The molecule has 1 saturated carbocycles. The van der Waals surface area contributed by atoms with E-state index in [1.54, 1.807) is 18.2 Å². The highest BCUT2D eigenvalue weighted by Crippen LogP contribution is 2.43. The number of hydrogen-bond donors (Lipinski definition) is 3. The largest absolute Gasteiger partial charge is 0.409 e. The lowest BCUT2D eigenvalue weighted by Gasteiger charge is -2.26. The van der Waals surface area contributed by atoms with E-state index in [0.29, 0.717) is 11.3 Å². The second-order valence-electron chi connectivity index (χ2n) is 5.95. The Morgan fingerprint density at radius 2 is 2.15 bits per heavy atom. The summed E-state index contributed by atoms with van der Waals surface area (Å²) in [6.45, 7) is 4.25. The smallest absolute Gasteiger partial charge is 0.228 e. The normalized spacial score (nSPS) is 21.7. The SMILES string of the molecule is CC1(C)CCCC1C(=O)Nc1ccccc1/C(N)=N/O.